The molecule has 1 atom stereocenters. The monoisotopic (exact) mass is 324 g/mol. The van der Waals surface area contributed by atoms with Crippen LogP contribution in [0.1, 0.15) is 73.6 Å². The highest BCUT2D eigenvalue weighted by Crippen LogP contribution is 2.33. The molecule has 128 valence electrons. The molecule has 1 unspecified atom stereocenters. The first-order chi connectivity index (χ1) is 11.8. The Hall–Kier alpha value is -1.63. The van der Waals surface area contributed by atoms with Gasteiger partial charge in [-0.2, -0.15) is 0 Å². The largest absolute Gasteiger partial charge is 0.207 e. The van der Waals surface area contributed by atoms with E-state index in [1.54, 1.807) is 12.1 Å². The van der Waals surface area contributed by atoms with Crippen molar-refractivity contribution in [3.05, 3.63) is 70.5 Å². The number of halogens is 1. The van der Waals surface area contributed by atoms with E-state index < -0.39 is 0 Å². The first-order valence-corrected chi connectivity index (χ1v) is 9.62. The quantitative estimate of drug-likeness (QED) is 0.503. The first-order valence-electron chi connectivity index (χ1n) is 9.62. The van der Waals surface area contributed by atoms with Crippen LogP contribution in [-0.4, -0.2) is 0 Å². The summed E-state index contributed by atoms with van der Waals surface area (Å²) in [5, 5.41) is 0. The summed E-state index contributed by atoms with van der Waals surface area (Å²) in [5.74, 6) is 0.436. The predicted molar refractivity (Wildman–Crippen MR) is 100 cm³/mol. The molecule has 0 radical (unpaired) electrons. The number of unbranched alkanes of at least 4 members (excludes halogenated alkanes) is 4. The zero-order valence-corrected chi connectivity index (χ0v) is 14.9. The Balaban J connectivity index is 1.56. The second kappa shape index (κ2) is 8.46. The molecule has 1 aliphatic rings. The van der Waals surface area contributed by atoms with Gasteiger partial charge in [-0.05, 0) is 72.4 Å². The topological polar surface area (TPSA) is 0 Å². The summed E-state index contributed by atoms with van der Waals surface area (Å²) in [4.78, 5) is 0. The molecule has 0 aromatic heterocycles. The van der Waals surface area contributed by atoms with E-state index in [1.807, 2.05) is 6.07 Å². The molecule has 0 heterocycles. The summed E-state index contributed by atoms with van der Waals surface area (Å²) in [5.41, 5.74) is 5.40. The molecule has 0 bridgehead atoms. The summed E-state index contributed by atoms with van der Waals surface area (Å²) >= 11 is 0. The van der Waals surface area contributed by atoms with Crippen LogP contribution in [-0.2, 0) is 19.3 Å². The van der Waals surface area contributed by atoms with Crippen molar-refractivity contribution in [1.29, 1.82) is 0 Å². The van der Waals surface area contributed by atoms with Gasteiger partial charge in [-0.3, -0.25) is 0 Å². The Bertz CT molecular complexity index is 642. The Morgan fingerprint density at radius 2 is 1.71 bits per heavy atom. The maximum atomic E-state index is 13.5. The van der Waals surface area contributed by atoms with Gasteiger partial charge in [0.1, 0.15) is 5.82 Å². The predicted octanol–water partition coefficient (Wildman–Crippen LogP) is 6.61. The lowest BCUT2D eigenvalue weighted by atomic mass is 9.80. The van der Waals surface area contributed by atoms with Gasteiger partial charge in [-0.1, -0.05) is 62.9 Å². The van der Waals surface area contributed by atoms with Crippen LogP contribution in [0.25, 0.3) is 0 Å². The molecule has 0 saturated carbocycles. The summed E-state index contributed by atoms with van der Waals surface area (Å²) < 4.78 is 13.5. The molecule has 24 heavy (non-hydrogen) atoms. The maximum Gasteiger partial charge on any atom is 0.123 e. The van der Waals surface area contributed by atoms with Gasteiger partial charge in [-0.15, -0.1) is 0 Å². The van der Waals surface area contributed by atoms with Gasteiger partial charge in [0.15, 0.2) is 0 Å². The van der Waals surface area contributed by atoms with Crippen molar-refractivity contribution < 1.29 is 4.39 Å². The van der Waals surface area contributed by atoms with Crippen molar-refractivity contribution in [3.63, 3.8) is 0 Å². The molecule has 1 heteroatoms. The number of hydrogen-bond acceptors (Lipinski definition) is 0. The van der Waals surface area contributed by atoms with E-state index in [2.05, 4.69) is 31.2 Å². The molecule has 0 saturated heterocycles. The number of aryl methyl sites for hydroxylation is 2. The van der Waals surface area contributed by atoms with Crippen LogP contribution in [0.4, 0.5) is 4.39 Å². The highest BCUT2D eigenvalue weighted by Gasteiger charge is 2.20. The molecule has 0 amide bonds. The van der Waals surface area contributed by atoms with Gasteiger partial charge in [0.25, 0.3) is 0 Å². The van der Waals surface area contributed by atoms with E-state index in [0.717, 1.165) is 12.8 Å². The van der Waals surface area contributed by atoms with Gasteiger partial charge in [-0.25, -0.2) is 4.39 Å². The first kappa shape index (κ1) is 17.2. The SMILES string of the molecule is CCCCCCCc1ccc(C2CCc3ccc(F)cc3C2)cc1. The van der Waals surface area contributed by atoms with Crippen LogP contribution in [0, 0.1) is 5.82 Å². The Labute approximate surface area is 146 Å². The summed E-state index contributed by atoms with van der Waals surface area (Å²) in [7, 11) is 0. The van der Waals surface area contributed by atoms with Crippen molar-refractivity contribution in [2.45, 2.75) is 70.6 Å². The van der Waals surface area contributed by atoms with Crippen LogP contribution < -0.4 is 0 Å². The molecule has 0 spiro atoms. The second-order valence-corrected chi connectivity index (χ2v) is 7.26. The van der Waals surface area contributed by atoms with E-state index in [0.29, 0.717) is 5.92 Å². The van der Waals surface area contributed by atoms with Crippen LogP contribution in [0.5, 0.6) is 0 Å². The molecule has 2 aromatic rings. The lowest BCUT2D eigenvalue weighted by molar-refractivity contribution is 0.571. The van der Waals surface area contributed by atoms with Gasteiger partial charge in [0, 0.05) is 0 Å². The van der Waals surface area contributed by atoms with Crippen molar-refractivity contribution in [2.24, 2.45) is 0 Å². The summed E-state index contributed by atoms with van der Waals surface area (Å²) in [6.07, 6.45) is 11.1. The van der Waals surface area contributed by atoms with E-state index >= 15 is 0 Å². The fraction of sp³-hybridized carbons (Fsp3) is 0.478. The maximum absolute atomic E-state index is 13.5. The van der Waals surface area contributed by atoms with E-state index in [4.69, 9.17) is 0 Å². The Kier molecular flexibility index (Phi) is 6.07. The number of rotatable bonds is 7. The lowest BCUT2D eigenvalue weighted by Gasteiger charge is -2.25. The lowest BCUT2D eigenvalue weighted by Crippen LogP contribution is -2.13. The number of hydrogen-bond donors (Lipinski definition) is 0. The van der Waals surface area contributed by atoms with Crippen molar-refractivity contribution in [1.82, 2.24) is 0 Å². The zero-order chi connectivity index (χ0) is 16.8. The van der Waals surface area contributed by atoms with Gasteiger partial charge < -0.3 is 0 Å². The zero-order valence-electron chi connectivity index (χ0n) is 14.9. The fourth-order valence-corrected chi connectivity index (χ4v) is 3.90. The van der Waals surface area contributed by atoms with Gasteiger partial charge >= 0.3 is 0 Å². The van der Waals surface area contributed by atoms with E-state index in [-0.39, 0.29) is 5.82 Å². The molecular formula is C23H29F. The van der Waals surface area contributed by atoms with Crippen LogP contribution in [0.2, 0.25) is 0 Å². The molecule has 0 N–H and O–H groups in total. The van der Waals surface area contributed by atoms with Crippen molar-refractivity contribution >= 4 is 0 Å². The average molecular weight is 324 g/mol. The standard InChI is InChI=1S/C23H29F/c1-2-3-4-5-6-7-18-8-10-19(11-9-18)21-13-12-20-14-15-23(24)17-22(20)16-21/h8-11,14-15,17,21H,2-7,12-13,16H2,1H3. The molecule has 0 fully saturated rings. The van der Waals surface area contributed by atoms with Crippen molar-refractivity contribution in [2.75, 3.05) is 0 Å². The van der Waals surface area contributed by atoms with Crippen LogP contribution in [0.15, 0.2) is 42.5 Å². The third kappa shape index (κ3) is 4.47. The van der Waals surface area contributed by atoms with E-state index in [9.17, 15) is 4.39 Å². The molecular weight excluding hydrogens is 295 g/mol. The minimum atomic E-state index is -0.104. The minimum absolute atomic E-state index is 0.104. The highest BCUT2D eigenvalue weighted by molar-refractivity contribution is 5.35. The number of benzene rings is 2. The molecule has 3 rings (SSSR count). The van der Waals surface area contributed by atoms with Gasteiger partial charge in [0.05, 0.1) is 0 Å². The normalized spacial score (nSPS) is 16.8. The highest BCUT2D eigenvalue weighted by atomic mass is 19.1. The molecule has 2 aromatic carbocycles. The third-order valence-electron chi connectivity index (χ3n) is 5.42. The molecule has 0 nitrogen and oxygen atoms in total. The summed E-state index contributed by atoms with van der Waals surface area (Å²) in [6.45, 7) is 2.26. The summed E-state index contributed by atoms with van der Waals surface area (Å²) in [6, 6.07) is 14.5. The fourth-order valence-electron chi connectivity index (χ4n) is 3.90. The molecule has 1 aliphatic carbocycles. The molecule has 0 aliphatic heterocycles. The average Bonchev–Trinajstić information content (AvgIpc) is 2.61. The minimum Gasteiger partial charge on any atom is -0.207 e. The van der Waals surface area contributed by atoms with Crippen LogP contribution in [0.3, 0.4) is 0 Å². The third-order valence-corrected chi connectivity index (χ3v) is 5.42. The van der Waals surface area contributed by atoms with Crippen LogP contribution >= 0.6 is 0 Å². The van der Waals surface area contributed by atoms with Gasteiger partial charge in [0.2, 0.25) is 0 Å². The Morgan fingerprint density at radius 3 is 2.50 bits per heavy atom. The smallest absolute Gasteiger partial charge is 0.123 e. The Morgan fingerprint density at radius 1 is 0.917 bits per heavy atom. The number of fused-ring (bicyclic) bond motifs is 1. The van der Waals surface area contributed by atoms with E-state index in [1.165, 1.54) is 67.2 Å². The second-order valence-electron chi connectivity index (χ2n) is 7.26. The van der Waals surface area contributed by atoms with Crippen molar-refractivity contribution in [3.8, 4) is 0 Å².